The van der Waals surface area contributed by atoms with Crippen molar-refractivity contribution in [3.63, 3.8) is 0 Å². The van der Waals surface area contributed by atoms with Gasteiger partial charge in [0.2, 0.25) is 5.91 Å². The number of nitrogens with one attached hydrogen (secondary N) is 3. The summed E-state index contributed by atoms with van der Waals surface area (Å²) in [5.74, 6) is -0.497. The van der Waals surface area contributed by atoms with Crippen molar-refractivity contribution in [2.24, 2.45) is 0 Å². The van der Waals surface area contributed by atoms with Crippen molar-refractivity contribution >= 4 is 46.4 Å². The van der Waals surface area contributed by atoms with Gasteiger partial charge in [-0.2, -0.15) is 0 Å². The summed E-state index contributed by atoms with van der Waals surface area (Å²) in [6.45, 7) is 0.875. The van der Waals surface area contributed by atoms with Gasteiger partial charge in [-0.1, -0.05) is 29.3 Å². The lowest BCUT2D eigenvalue weighted by Gasteiger charge is -2.10. The zero-order valence-corrected chi connectivity index (χ0v) is 15.7. The summed E-state index contributed by atoms with van der Waals surface area (Å²) < 4.78 is 4.89. The number of hydrogen-bond acceptors (Lipinski definition) is 4. The molecule has 0 saturated carbocycles. The van der Waals surface area contributed by atoms with E-state index in [2.05, 4.69) is 16.0 Å². The Hall–Kier alpha value is -2.28. The van der Waals surface area contributed by atoms with Gasteiger partial charge >= 0.3 is 0 Å². The molecule has 0 saturated heterocycles. The average Bonchev–Trinajstić information content (AvgIpc) is 2.59. The Bertz CT molecular complexity index is 764. The Labute approximate surface area is 161 Å². The molecular formula is C18H19Cl2N3O3. The Balaban J connectivity index is 1.90. The Morgan fingerprint density at radius 2 is 1.77 bits per heavy atom. The van der Waals surface area contributed by atoms with Gasteiger partial charge in [-0.05, 0) is 36.4 Å². The summed E-state index contributed by atoms with van der Waals surface area (Å²) in [6, 6.07) is 11.6. The molecule has 138 valence electrons. The maximum absolute atomic E-state index is 12.1. The molecule has 26 heavy (non-hydrogen) atoms. The fraction of sp³-hybridized carbons (Fsp3) is 0.222. The van der Waals surface area contributed by atoms with E-state index < -0.39 is 0 Å². The molecule has 0 heterocycles. The number of carbonyl (C=O) groups is 2. The van der Waals surface area contributed by atoms with Crippen molar-refractivity contribution in [1.82, 2.24) is 5.32 Å². The summed E-state index contributed by atoms with van der Waals surface area (Å²) in [5, 5.41) is 9.36. The van der Waals surface area contributed by atoms with E-state index in [1.54, 1.807) is 49.6 Å². The first kappa shape index (κ1) is 20.0. The van der Waals surface area contributed by atoms with Gasteiger partial charge in [-0.3, -0.25) is 9.59 Å². The molecule has 2 aromatic rings. The highest BCUT2D eigenvalue weighted by molar-refractivity contribution is 6.35. The molecule has 0 atom stereocenters. The monoisotopic (exact) mass is 395 g/mol. The highest BCUT2D eigenvalue weighted by Crippen LogP contribution is 2.22. The summed E-state index contributed by atoms with van der Waals surface area (Å²) >= 11 is 11.8. The molecule has 0 bridgehead atoms. The highest BCUT2D eigenvalue weighted by atomic mass is 35.5. The minimum atomic E-state index is -0.266. The van der Waals surface area contributed by atoms with E-state index in [0.29, 0.717) is 40.1 Å². The van der Waals surface area contributed by atoms with Crippen LogP contribution in [0.2, 0.25) is 10.0 Å². The first-order valence-corrected chi connectivity index (χ1v) is 8.60. The van der Waals surface area contributed by atoms with E-state index in [-0.39, 0.29) is 18.4 Å². The molecule has 8 heteroatoms. The van der Waals surface area contributed by atoms with Crippen molar-refractivity contribution in [3.8, 4) is 0 Å². The lowest BCUT2D eigenvalue weighted by atomic mass is 10.2. The number of rotatable bonds is 8. The van der Waals surface area contributed by atoms with Crippen LogP contribution in [0.3, 0.4) is 0 Å². The summed E-state index contributed by atoms with van der Waals surface area (Å²) in [7, 11) is 1.56. The maximum atomic E-state index is 12.1. The number of methoxy groups -OCH3 is 1. The number of anilines is 2. The second-order valence-corrected chi connectivity index (χ2v) is 6.26. The highest BCUT2D eigenvalue weighted by Gasteiger charge is 2.08. The Morgan fingerprint density at radius 1 is 1.04 bits per heavy atom. The third-order valence-electron chi connectivity index (χ3n) is 3.32. The van der Waals surface area contributed by atoms with Crippen LogP contribution < -0.4 is 16.0 Å². The zero-order valence-electron chi connectivity index (χ0n) is 14.1. The topological polar surface area (TPSA) is 79.5 Å². The van der Waals surface area contributed by atoms with Crippen molar-refractivity contribution in [2.75, 3.05) is 37.4 Å². The van der Waals surface area contributed by atoms with E-state index >= 15 is 0 Å². The molecule has 0 aromatic heterocycles. The van der Waals surface area contributed by atoms with Crippen molar-refractivity contribution in [1.29, 1.82) is 0 Å². The number of carbonyl (C=O) groups excluding carboxylic acids is 2. The predicted octanol–water partition coefficient (Wildman–Crippen LogP) is 3.42. The van der Waals surface area contributed by atoms with Crippen molar-refractivity contribution in [2.45, 2.75) is 0 Å². The normalized spacial score (nSPS) is 10.3. The van der Waals surface area contributed by atoms with E-state index in [4.69, 9.17) is 27.9 Å². The van der Waals surface area contributed by atoms with E-state index in [1.807, 2.05) is 0 Å². The Kier molecular flexibility index (Phi) is 7.72. The molecule has 3 N–H and O–H groups in total. The molecule has 2 amide bonds. The van der Waals surface area contributed by atoms with Gasteiger partial charge in [0.1, 0.15) is 0 Å². The molecule has 0 aliphatic rings. The lowest BCUT2D eigenvalue weighted by Crippen LogP contribution is -2.27. The largest absolute Gasteiger partial charge is 0.383 e. The zero-order chi connectivity index (χ0) is 18.9. The third-order valence-corrected chi connectivity index (χ3v) is 3.75. The predicted molar refractivity (Wildman–Crippen MR) is 104 cm³/mol. The van der Waals surface area contributed by atoms with Crippen LogP contribution in [0.1, 0.15) is 10.4 Å². The van der Waals surface area contributed by atoms with Gasteiger partial charge in [0, 0.05) is 40.6 Å². The summed E-state index contributed by atoms with van der Waals surface area (Å²) in [4.78, 5) is 24.1. The first-order chi connectivity index (χ1) is 12.5. The molecule has 0 aliphatic carbocycles. The lowest BCUT2D eigenvalue weighted by molar-refractivity contribution is -0.114. The molecular weight excluding hydrogens is 377 g/mol. The molecule has 0 radical (unpaired) electrons. The molecule has 0 fully saturated rings. The van der Waals surface area contributed by atoms with Crippen LogP contribution in [-0.4, -0.2) is 38.6 Å². The van der Waals surface area contributed by atoms with Crippen LogP contribution in [0.15, 0.2) is 42.5 Å². The number of amides is 2. The quantitative estimate of drug-likeness (QED) is 0.598. The Morgan fingerprint density at radius 3 is 2.46 bits per heavy atom. The van der Waals surface area contributed by atoms with Crippen LogP contribution in [-0.2, 0) is 9.53 Å². The minimum absolute atomic E-state index is 0.0287. The van der Waals surface area contributed by atoms with E-state index in [0.717, 1.165) is 0 Å². The maximum Gasteiger partial charge on any atom is 0.251 e. The molecule has 0 aliphatic heterocycles. The molecule has 2 rings (SSSR count). The SMILES string of the molecule is COCCNC(=O)c1cccc(NC(=O)CNc2cc(Cl)cc(Cl)c2)c1. The number of halogens is 2. The van der Waals surface area contributed by atoms with Crippen LogP contribution >= 0.6 is 23.2 Å². The standard InChI is InChI=1S/C18H19Cl2N3O3/c1-26-6-5-21-18(25)12-3-2-4-15(7-12)23-17(24)11-22-16-9-13(19)8-14(20)10-16/h2-4,7-10,22H,5-6,11H2,1H3,(H,21,25)(H,23,24). The van der Waals surface area contributed by atoms with Gasteiger partial charge in [0.05, 0.1) is 13.2 Å². The van der Waals surface area contributed by atoms with Gasteiger partial charge in [0.15, 0.2) is 0 Å². The van der Waals surface area contributed by atoms with E-state index in [1.165, 1.54) is 0 Å². The fourth-order valence-corrected chi connectivity index (χ4v) is 2.68. The molecule has 6 nitrogen and oxygen atoms in total. The van der Waals surface area contributed by atoms with Gasteiger partial charge in [0.25, 0.3) is 5.91 Å². The molecule has 0 spiro atoms. The van der Waals surface area contributed by atoms with Crippen LogP contribution in [0.25, 0.3) is 0 Å². The number of ether oxygens (including phenoxy) is 1. The van der Waals surface area contributed by atoms with Crippen LogP contribution in [0.5, 0.6) is 0 Å². The van der Waals surface area contributed by atoms with E-state index in [9.17, 15) is 9.59 Å². The second kappa shape index (κ2) is 10.0. The number of hydrogen-bond donors (Lipinski definition) is 3. The third kappa shape index (κ3) is 6.55. The molecule has 0 unspecified atom stereocenters. The van der Waals surface area contributed by atoms with Gasteiger partial charge in [-0.25, -0.2) is 0 Å². The van der Waals surface area contributed by atoms with Crippen molar-refractivity contribution in [3.05, 3.63) is 58.1 Å². The average molecular weight is 396 g/mol. The van der Waals surface area contributed by atoms with Crippen LogP contribution in [0, 0.1) is 0 Å². The number of benzene rings is 2. The van der Waals surface area contributed by atoms with Crippen molar-refractivity contribution < 1.29 is 14.3 Å². The fourth-order valence-electron chi connectivity index (χ4n) is 2.15. The van der Waals surface area contributed by atoms with Gasteiger partial charge < -0.3 is 20.7 Å². The summed E-state index contributed by atoms with van der Waals surface area (Å²) in [6.07, 6.45) is 0. The smallest absolute Gasteiger partial charge is 0.251 e. The van der Waals surface area contributed by atoms with Crippen LogP contribution in [0.4, 0.5) is 11.4 Å². The first-order valence-electron chi connectivity index (χ1n) is 7.85. The molecule has 2 aromatic carbocycles. The minimum Gasteiger partial charge on any atom is -0.383 e. The van der Waals surface area contributed by atoms with Gasteiger partial charge in [-0.15, -0.1) is 0 Å². The second-order valence-electron chi connectivity index (χ2n) is 5.39. The summed E-state index contributed by atoms with van der Waals surface area (Å²) in [5.41, 5.74) is 1.62.